The van der Waals surface area contributed by atoms with Crippen molar-refractivity contribution in [3.8, 4) is 11.5 Å². The number of hydrogen-bond donors (Lipinski definition) is 1. The molecular formula is C19H17N3O3. The Morgan fingerprint density at radius 3 is 2.80 bits per heavy atom. The van der Waals surface area contributed by atoms with E-state index in [1.165, 1.54) is 0 Å². The predicted molar refractivity (Wildman–Crippen MR) is 92.6 cm³/mol. The van der Waals surface area contributed by atoms with Crippen LogP contribution in [0.2, 0.25) is 0 Å². The van der Waals surface area contributed by atoms with Gasteiger partial charge in [-0.2, -0.15) is 0 Å². The zero-order valence-corrected chi connectivity index (χ0v) is 13.9. The van der Waals surface area contributed by atoms with Gasteiger partial charge in [-0.25, -0.2) is 0 Å². The van der Waals surface area contributed by atoms with Gasteiger partial charge >= 0.3 is 0 Å². The third kappa shape index (κ3) is 2.87. The van der Waals surface area contributed by atoms with Crippen LogP contribution in [-0.2, 0) is 5.54 Å². The summed E-state index contributed by atoms with van der Waals surface area (Å²) < 4.78 is 10.8. The van der Waals surface area contributed by atoms with Crippen molar-refractivity contribution in [3.63, 3.8) is 0 Å². The van der Waals surface area contributed by atoms with Crippen molar-refractivity contribution in [3.05, 3.63) is 59.9 Å². The van der Waals surface area contributed by atoms with Gasteiger partial charge in [-0.05, 0) is 49.7 Å². The van der Waals surface area contributed by atoms with E-state index in [-0.39, 0.29) is 12.7 Å². The number of carbonyl (C=O) groups is 1. The average Bonchev–Trinajstić information content (AvgIpc) is 3.08. The summed E-state index contributed by atoms with van der Waals surface area (Å²) in [6.07, 6.45) is 3.25. The molecule has 1 aliphatic heterocycles. The van der Waals surface area contributed by atoms with Gasteiger partial charge in [0.1, 0.15) is 0 Å². The SMILES string of the molecule is CC(C)(NC(=O)c1cnc2cccnc2c1)c1ccc2c(c1)OCO2. The number of hydrogen-bond acceptors (Lipinski definition) is 5. The van der Waals surface area contributed by atoms with Crippen LogP contribution in [0.1, 0.15) is 29.8 Å². The first-order chi connectivity index (χ1) is 12.0. The molecule has 0 saturated heterocycles. The molecule has 0 unspecified atom stereocenters. The van der Waals surface area contributed by atoms with E-state index in [1.54, 1.807) is 18.5 Å². The number of benzene rings is 1. The zero-order chi connectivity index (χ0) is 17.4. The molecule has 1 aromatic carbocycles. The molecule has 4 rings (SSSR count). The number of aromatic nitrogens is 2. The fourth-order valence-electron chi connectivity index (χ4n) is 2.79. The fraction of sp³-hybridized carbons (Fsp3) is 0.211. The molecule has 0 atom stereocenters. The van der Waals surface area contributed by atoms with Gasteiger partial charge in [0.2, 0.25) is 6.79 Å². The van der Waals surface area contributed by atoms with Crippen molar-refractivity contribution >= 4 is 16.9 Å². The maximum absolute atomic E-state index is 12.7. The number of carbonyl (C=O) groups excluding carboxylic acids is 1. The fourth-order valence-corrected chi connectivity index (χ4v) is 2.79. The van der Waals surface area contributed by atoms with Gasteiger partial charge < -0.3 is 14.8 Å². The molecule has 1 N–H and O–H groups in total. The van der Waals surface area contributed by atoms with E-state index in [4.69, 9.17) is 9.47 Å². The normalized spacial score (nSPS) is 13.0. The van der Waals surface area contributed by atoms with E-state index < -0.39 is 5.54 Å². The lowest BCUT2D eigenvalue weighted by Gasteiger charge is -2.27. The summed E-state index contributed by atoms with van der Waals surface area (Å²) in [5.41, 5.74) is 2.26. The van der Waals surface area contributed by atoms with Gasteiger partial charge in [0.15, 0.2) is 11.5 Å². The van der Waals surface area contributed by atoms with Crippen LogP contribution in [0.15, 0.2) is 48.8 Å². The third-order valence-corrected chi connectivity index (χ3v) is 4.23. The first-order valence-corrected chi connectivity index (χ1v) is 7.96. The highest BCUT2D eigenvalue weighted by atomic mass is 16.7. The monoisotopic (exact) mass is 335 g/mol. The van der Waals surface area contributed by atoms with Gasteiger partial charge in [-0.15, -0.1) is 0 Å². The maximum Gasteiger partial charge on any atom is 0.253 e. The number of fused-ring (bicyclic) bond motifs is 2. The van der Waals surface area contributed by atoms with E-state index >= 15 is 0 Å². The molecule has 0 saturated carbocycles. The summed E-state index contributed by atoms with van der Waals surface area (Å²) in [6, 6.07) is 11.1. The smallest absolute Gasteiger partial charge is 0.253 e. The van der Waals surface area contributed by atoms with Crippen LogP contribution in [0.4, 0.5) is 0 Å². The minimum atomic E-state index is -0.586. The predicted octanol–water partition coefficient (Wildman–Crippen LogP) is 3.02. The summed E-state index contributed by atoms with van der Waals surface area (Å²) >= 11 is 0. The number of amides is 1. The topological polar surface area (TPSA) is 73.3 Å². The Kier molecular flexibility index (Phi) is 3.53. The Morgan fingerprint density at radius 2 is 1.92 bits per heavy atom. The Morgan fingerprint density at radius 1 is 1.08 bits per heavy atom. The Bertz CT molecular complexity index is 969. The molecule has 6 heteroatoms. The lowest BCUT2D eigenvalue weighted by atomic mass is 9.93. The van der Waals surface area contributed by atoms with Gasteiger partial charge in [0, 0.05) is 12.4 Å². The zero-order valence-electron chi connectivity index (χ0n) is 13.9. The number of rotatable bonds is 3. The molecule has 1 aliphatic rings. The summed E-state index contributed by atoms with van der Waals surface area (Å²) in [5, 5.41) is 3.04. The molecule has 2 aromatic heterocycles. The summed E-state index contributed by atoms with van der Waals surface area (Å²) in [4.78, 5) is 21.2. The summed E-state index contributed by atoms with van der Waals surface area (Å²) in [5.74, 6) is 1.20. The highest BCUT2D eigenvalue weighted by Gasteiger charge is 2.26. The van der Waals surface area contributed by atoms with Crippen LogP contribution in [0.3, 0.4) is 0 Å². The lowest BCUT2D eigenvalue weighted by molar-refractivity contribution is 0.0911. The summed E-state index contributed by atoms with van der Waals surface area (Å²) in [7, 11) is 0. The Balaban J connectivity index is 1.59. The number of nitrogens with zero attached hydrogens (tertiary/aromatic N) is 2. The first kappa shape index (κ1) is 15.4. The van der Waals surface area contributed by atoms with E-state index in [1.807, 2.05) is 44.2 Å². The van der Waals surface area contributed by atoms with Crippen molar-refractivity contribution in [2.45, 2.75) is 19.4 Å². The van der Waals surface area contributed by atoms with E-state index in [2.05, 4.69) is 15.3 Å². The maximum atomic E-state index is 12.7. The number of ether oxygens (including phenoxy) is 2. The second kappa shape index (κ2) is 5.73. The van der Waals surface area contributed by atoms with Crippen LogP contribution >= 0.6 is 0 Å². The number of pyridine rings is 2. The first-order valence-electron chi connectivity index (χ1n) is 7.96. The van der Waals surface area contributed by atoms with Crippen LogP contribution < -0.4 is 14.8 Å². The molecule has 0 spiro atoms. The van der Waals surface area contributed by atoms with E-state index in [0.29, 0.717) is 16.8 Å². The summed E-state index contributed by atoms with van der Waals surface area (Å²) in [6.45, 7) is 4.10. The standard InChI is InChI=1S/C19H17N3O3/c1-19(2,13-5-6-16-17(9-13)25-11-24-16)22-18(23)12-8-15-14(21-10-12)4-3-7-20-15/h3-10H,11H2,1-2H3,(H,22,23). The second-order valence-corrected chi connectivity index (χ2v) is 6.41. The van der Waals surface area contributed by atoms with Gasteiger partial charge in [0.25, 0.3) is 5.91 Å². The molecule has 0 fully saturated rings. The molecule has 0 bridgehead atoms. The van der Waals surface area contributed by atoms with Crippen LogP contribution in [0, 0.1) is 0 Å². The molecule has 126 valence electrons. The van der Waals surface area contributed by atoms with Gasteiger partial charge in [-0.1, -0.05) is 6.07 Å². The van der Waals surface area contributed by atoms with Crippen molar-refractivity contribution in [1.82, 2.24) is 15.3 Å². The number of nitrogens with one attached hydrogen (secondary N) is 1. The molecule has 3 heterocycles. The largest absolute Gasteiger partial charge is 0.454 e. The van der Waals surface area contributed by atoms with E-state index in [0.717, 1.165) is 16.8 Å². The van der Waals surface area contributed by atoms with Gasteiger partial charge in [-0.3, -0.25) is 14.8 Å². The molecule has 1 amide bonds. The third-order valence-electron chi connectivity index (χ3n) is 4.23. The van der Waals surface area contributed by atoms with Crippen molar-refractivity contribution in [2.75, 3.05) is 6.79 Å². The molecule has 25 heavy (non-hydrogen) atoms. The molecule has 6 nitrogen and oxygen atoms in total. The van der Waals surface area contributed by atoms with Crippen molar-refractivity contribution in [1.29, 1.82) is 0 Å². The second-order valence-electron chi connectivity index (χ2n) is 6.41. The molecule has 0 radical (unpaired) electrons. The van der Waals surface area contributed by atoms with Crippen LogP contribution in [-0.4, -0.2) is 22.7 Å². The average molecular weight is 335 g/mol. The van der Waals surface area contributed by atoms with Crippen LogP contribution in [0.5, 0.6) is 11.5 Å². The minimum absolute atomic E-state index is 0.206. The highest BCUT2D eigenvalue weighted by Crippen LogP contribution is 2.35. The molecular weight excluding hydrogens is 318 g/mol. The minimum Gasteiger partial charge on any atom is -0.454 e. The highest BCUT2D eigenvalue weighted by molar-refractivity contribution is 5.97. The van der Waals surface area contributed by atoms with Crippen molar-refractivity contribution in [2.24, 2.45) is 0 Å². The van der Waals surface area contributed by atoms with Gasteiger partial charge in [0.05, 0.1) is 22.1 Å². The molecule has 0 aliphatic carbocycles. The lowest BCUT2D eigenvalue weighted by Crippen LogP contribution is -2.41. The quantitative estimate of drug-likeness (QED) is 0.796. The van der Waals surface area contributed by atoms with Crippen molar-refractivity contribution < 1.29 is 14.3 Å². The Labute approximate surface area is 144 Å². The van der Waals surface area contributed by atoms with E-state index in [9.17, 15) is 4.79 Å². The molecule has 3 aromatic rings. The Hall–Kier alpha value is -3.15. The van der Waals surface area contributed by atoms with Crippen LogP contribution in [0.25, 0.3) is 11.0 Å².